The minimum atomic E-state index is -3.26. The summed E-state index contributed by atoms with van der Waals surface area (Å²) in [7, 11) is 0. The smallest absolute Gasteiger partial charge is 0.293 e. The molecular formula is C2H3CuF3O. The normalized spacial score (nSPS) is 13.3. The Morgan fingerprint density at radius 1 is 1.14 bits per heavy atom. The minimum absolute atomic E-state index is 0. The standard InChI is InChI=1S/C2H3F3O.Cu/c3-1(4)2(5)6;/h1-2,6H;. The molecule has 0 spiro atoms. The van der Waals surface area contributed by atoms with Crippen LogP contribution in [0.2, 0.25) is 0 Å². The van der Waals surface area contributed by atoms with Crippen LogP contribution in [0.4, 0.5) is 13.2 Å². The van der Waals surface area contributed by atoms with Gasteiger partial charge < -0.3 is 5.11 Å². The number of hydrogen-bond donors (Lipinski definition) is 1. The van der Waals surface area contributed by atoms with Crippen LogP contribution in [0.25, 0.3) is 0 Å². The Bertz CT molecular complexity index is 33.9. The van der Waals surface area contributed by atoms with Gasteiger partial charge in [-0.15, -0.1) is 0 Å². The first kappa shape index (κ1) is 10.3. The van der Waals surface area contributed by atoms with E-state index in [-0.39, 0.29) is 17.1 Å². The van der Waals surface area contributed by atoms with Crippen molar-refractivity contribution in [1.82, 2.24) is 0 Å². The molecule has 1 N–H and O–H groups in total. The SMILES string of the molecule is OC(F)C(F)F.[Cu]. The summed E-state index contributed by atoms with van der Waals surface area (Å²) in [5.41, 5.74) is 0. The second kappa shape index (κ2) is 4.43. The Balaban J connectivity index is 0. The van der Waals surface area contributed by atoms with E-state index in [1.54, 1.807) is 0 Å². The first-order valence-corrected chi connectivity index (χ1v) is 1.25. The van der Waals surface area contributed by atoms with Crippen molar-refractivity contribution in [2.45, 2.75) is 12.8 Å². The molecule has 0 aliphatic carbocycles. The van der Waals surface area contributed by atoms with Crippen molar-refractivity contribution in [3.63, 3.8) is 0 Å². The van der Waals surface area contributed by atoms with Crippen LogP contribution in [0, 0.1) is 0 Å². The summed E-state index contributed by atoms with van der Waals surface area (Å²) in [4.78, 5) is 0. The van der Waals surface area contributed by atoms with Gasteiger partial charge in [0.1, 0.15) is 0 Å². The summed E-state index contributed by atoms with van der Waals surface area (Å²) in [6, 6.07) is 0. The van der Waals surface area contributed by atoms with Gasteiger partial charge in [-0.3, -0.25) is 0 Å². The molecule has 0 amide bonds. The van der Waals surface area contributed by atoms with E-state index < -0.39 is 12.8 Å². The van der Waals surface area contributed by atoms with E-state index in [9.17, 15) is 13.2 Å². The van der Waals surface area contributed by atoms with E-state index in [4.69, 9.17) is 5.11 Å². The van der Waals surface area contributed by atoms with Gasteiger partial charge in [0.25, 0.3) is 12.8 Å². The first-order chi connectivity index (χ1) is 2.64. The second-order valence-corrected chi connectivity index (χ2v) is 0.707. The number of alkyl halides is 3. The Kier molecular flexibility index (Phi) is 6.51. The van der Waals surface area contributed by atoms with Gasteiger partial charge in [-0.2, -0.15) is 0 Å². The van der Waals surface area contributed by atoms with Crippen LogP contribution >= 0.6 is 0 Å². The third-order valence-corrected chi connectivity index (χ3v) is 0.208. The van der Waals surface area contributed by atoms with E-state index in [0.29, 0.717) is 0 Å². The van der Waals surface area contributed by atoms with Crippen LogP contribution in [0.15, 0.2) is 0 Å². The zero-order valence-electron chi connectivity index (χ0n) is 3.04. The molecule has 0 aliphatic rings. The summed E-state index contributed by atoms with van der Waals surface area (Å²) in [6.07, 6.45) is -6.24. The van der Waals surface area contributed by atoms with Crippen molar-refractivity contribution in [3.05, 3.63) is 0 Å². The topological polar surface area (TPSA) is 20.2 Å². The monoisotopic (exact) mass is 163 g/mol. The van der Waals surface area contributed by atoms with Gasteiger partial charge in [-0.25, -0.2) is 13.2 Å². The van der Waals surface area contributed by atoms with Gasteiger partial charge in [0.15, 0.2) is 0 Å². The van der Waals surface area contributed by atoms with E-state index >= 15 is 0 Å². The predicted octanol–water partition coefficient (Wildman–Crippen LogP) is 0.537. The van der Waals surface area contributed by atoms with Crippen LogP contribution in [-0.4, -0.2) is 17.9 Å². The predicted molar refractivity (Wildman–Crippen MR) is 13.1 cm³/mol. The molecule has 0 aromatic carbocycles. The van der Waals surface area contributed by atoms with E-state index in [0.717, 1.165) is 0 Å². The van der Waals surface area contributed by atoms with Gasteiger partial charge in [0, 0.05) is 17.1 Å². The maximum Gasteiger partial charge on any atom is 0.293 e. The molecule has 0 saturated heterocycles. The van der Waals surface area contributed by atoms with Crippen LogP contribution in [0.5, 0.6) is 0 Å². The van der Waals surface area contributed by atoms with Gasteiger partial charge in [0.05, 0.1) is 0 Å². The fourth-order valence-corrected chi connectivity index (χ4v) is 0. The van der Waals surface area contributed by atoms with Crippen LogP contribution in [0.3, 0.4) is 0 Å². The maximum absolute atomic E-state index is 10.6. The van der Waals surface area contributed by atoms with Crippen molar-refractivity contribution < 1.29 is 35.3 Å². The molecule has 0 saturated carbocycles. The second-order valence-electron chi connectivity index (χ2n) is 0.707. The summed E-state index contributed by atoms with van der Waals surface area (Å²) in [5, 5.41) is 7.21. The Morgan fingerprint density at radius 2 is 1.29 bits per heavy atom. The average molecular weight is 164 g/mol. The molecule has 1 radical (unpaired) electrons. The number of hydrogen-bond acceptors (Lipinski definition) is 1. The summed E-state index contributed by atoms with van der Waals surface area (Å²) < 4.78 is 31.7. The Hall–Kier alpha value is 0.269. The zero-order valence-corrected chi connectivity index (χ0v) is 3.98. The van der Waals surface area contributed by atoms with Crippen molar-refractivity contribution in [2.24, 2.45) is 0 Å². The number of aliphatic hydroxyl groups excluding tert-OH is 1. The molecule has 7 heavy (non-hydrogen) atoms. The van der Waals surface area contributed by atoms with Crippen molar-refractivity contribution >= 4 is 0 Å². The molecule has 49 valence electrons. The van der Waals surface area contributed by atoms with Gasteiger partial charge in [-0.1, -0.05) is 0 Å². The molecule has 5 heteroatoms. The van der Waals surface area contributed by atoms with Gasteiger partial charge >= 0.3 is 0 Å². The van der Waals surface area contributed by atoms with E-state index in [1.807, 2.05) is 0 Å². The number of rotatable bonds is 1. The molecule has 1 nitrogen and oxygen atoms in total. The van der Waals surface area contributed by atoms with Gasteiger partial charge in [-0.05, 0) is 0 Å². The molecule has 0 aromatic rings. The molecule has 0 rings (SSSR count). The molecular weight excluding hydrogens is 161 g/mol. The molecule has 0 aromatic heterocycles. The summed E-state index contributed by atoms with van der Waals surface area (Å²) in [6.45, 7) is 0. The fraction of sp³-hybridized carbons (Fsp3) is 1.00. The Morgan fingerprint density at radius 3 is 1.29 bits per heavy atom. The quantitative estimate of drug-likeness (QED) is 0.560. The van der Waals surface area contributed by atoms with E-state index in [1.165, 1.54) is 0 Å². The summed E-state index contributed by atoms with van der Waals surface area (Å²) >= 11 is 0. The molecule has 0 aliphatic heterocycles. The third kappa shape index (κ3) is 6.27. The number of aliphatic hydroxyl groups is 1. The molecule has 1 unspecified atom stereocenters. The first-order valence-electron chi connectivity index (χ1n) is 1.25. The van der Waals surface area contributed by atoms with Crippen molar-refractivity contribution in [2.75, 3.05) is 0 Å². The third-order valence-electron chi connectivity index (χ3n) is 0.208. The molecule has 1 atom stereocenters. The van der Waals surface area contributed by atoms with Crippen LogP contribution in [-0.2, 0) is 17.1 Å². The fourth-order valence-electron chi connectivity index (χ4n) is 0. The largest absolute Gasteiger partial charge is 0.360 e. The maximum atomic E-state index is 10.6. The van der Waals surface area contributed by atoms with Crippen LogP contribution in [0.1, 0.15) is 0 Å². The van der Waals surface area contributed by atoms with Crippen molar-refractivity contribution in [1.29, 1.82) is 0 Å². The number of halogens is 3. The molecule has 0 heterocycles. The molecule has 0 bridgehead atoms. The Labute approximate surface area is 49.0 Å². The summed E-state index contributed by atoms with van der Waals surface area (Å²) in [5.74, 6) is 0. The zero-order chi connectivity index (χ0) is 5.15. The van der Waals surface area contributed by atoms with Crippen molar-refractivity contribution in [3.8, 4) is 0 Å². The van der Waals surface area contributed by atoms with Gasteiger partial charge in [0.2, 0.25) is 0 Å². The molecule has 0 fully saturated rings. The van der Waals surface area contributed by atoms with E-state index in [2.05, 4.69) is 0 Å². The average Bonchev–Trinajstić information content (AvgIpc) is 1.36. The minimum Gasteiger partial charge on any atom is -0.360 e. The van der Waals surface area contributed by atoms with Crippen LogP contribution < -0.4 is 0 Å².